The first-order valence-corrected chi connectivity index (χ1v) is 4.75. The topological polar surface area (TPSA) is 43.4 Å². The summed E-state index contributed by atoms with van der Waals surface area (Å²) in [6, 6.07) is 0. The smallest absolute Gasteiger partial charge is 0.363 e. The summed E-state index contributed by atoms with van der Waals surface area (Å²) in [5, 5.41) is 0. The molecular weight excluding hydrogens is 274 g/mol. The molecule has 0 N–H and O–H groups in total. The predicted octanol–water partition coefficient (Wildman–Crippen LogP) is 2.22. The molecule has 0 aliphatic heterocycles. The van der Waals surface area contributed by atoms with Gasteiger partial charge in [0.2, 0.25) is 5.78 Å². The third kappa shape index (κ3) is 4.33. The Kier molecular flexibility index (Phi) is 5.35. The average Bonchev–Trinajstić information content (AvgIpc) is 2.12. The van der Waals surface area contributed by atoms with E-state index >= 15 is 0 Å². The number of hydrogen-bond acceptors (Lipinski definition) is 3. The van der Waals surface area contributed by atoms with Crippen molar-refractivity contribution in [2.45, 2.75) is 11.8 Å². The van der Waals surface area contributed by atoms with Gasteiger partial charge in [-0.3, -0.25) is 4.79 Å². The fourth-order valence-corrected chi connectivity index (χ4v) is 0.929. The molecule has 0 amide bonds. The van der Waals surface area contributed by atoms with Crippen LogP contribution in [0.3, 0.4) is 0 Å². The van der Waals surface area contributed by atoms with Gasteiger partial charge in [-0.15, -0.1) is 0 Å². The van der Waals surface area contributed by atoms with Crippen LogP contribution in [0.15, 0.2) is 24.3 Å². The number of allylic oxidation sites excluding steroid dienone is 2. The quantitative estimate of drug-likeness (QED) is 0.194. The summed E-state index contributed by atoms with van der Waals surface area (Å²) in [6.07, 6.45) is 1.94. The summed E-state index contributed by atoms with van der Waals surface area (Å²) in [5.41, 5.74) is -0.742. The number of Topliss-reactive ketones (excluding diaryl/α,β-unsaturated/α-hetero) is 1. The lowest BCUT2D eigenvalue weighted by Gasteiger charge is -2.09. The number of hydrogen-bond donors (Lipinski definition) is 0. The van der Waals surface area contributed by atoms with E-state index in [2.05, 4.69) is 11.3 Å². The molecule has 0 saturated carbocycles. The Morgan fingerprint density at radius 1 is 1.53 bits per heavy atom. The molecule has 0 aliphatic rings. The van der Waals surface area contributed by atoms with Crippen molar-refractivity contribution < 1.29 is 23.1 Å². The van der Waals surface area contributed by atoms with E-state index in [1.807, 2.05) is 15.9 Å². The van der Waals surface area contributed by atoms with Gasteiger partial charge in [0, 0.05) is 0 Å². The highest BCUT2D eigenvalue weighted by Crippen LogP contribution is 2.26. The maximum absolute atomic E-state index is 12.6. The van der Waals surface area contributed by atoms with Crippen LogP contribution in [-0.2, 0) is 14.3 Å². The maximum Gasteiger partial charge on any atom is 0.363 e. The lowest BCUT2D eigenvalue weighted by Crippen LogP contribution is -2.27. The molecule has 0 atom stereocenters. The molecule has 0 aromatic rings. The fourth-order valence-electron chi connectivity index (χ4n) is 0.716. The minimum absolute atomic E-state index is 0.00550. The zero-order chi connectivity index (χ0) is 12.1. The van der Waals surface area contributed by atoms with Gasteiger partial charge in [-0.2, -0.15) is 8.78 Å². The molecule has 6 heteroatoms. The molecule has 0 unspecified atom stereocenters. The number of alkyl halides is 3. The second kappa shape index (κ2) is 5.75. The van der Waals surface area contributed by atoms with Gasteiger partial charge in [0.15, 0.2) is 0 Å². The highest BCUT2D eigenvalue weighted by atomic mass is 79.9. The Balaban J connectivity index is 5.01. The van der Waals surface area contributed by atoms with Crippen molar-refractivity contribution in [2.75, 3.05) is 6.61 Å². The van der Waals surface area contributed by atoms with Gasteiger partial charge >= 0.3 is 10.8 Å². The first kappa shape index (κ1) is 14.0. The molecule has 0 saturated heterocycles. The third-order valence-corrected chi connectivity index (χ3v) is 1.64. The van der Waals surface area contributed by atoms with Crippen molar-refractivity contribution in [2.24, 2.45) is 0 Å². The molecule has 0 spiro atoms. The Labute approximate surface area is 93.9 Å². The Morgan fingerprint density at radius 3 is 2.40 bits per heavy atom. The Hall–Kier alpha value is -1.04. The predicted molar refractivity (Wildman–Crippen MR) is 53.8 cm³/mol. The number of carbonyl (C=O) groups is 2. The molecule has 84 valence electrons. The molecule has 0 bridgehead atoms. The van der Waals surface area contributed by atoms with Crippen molar-refractivity contribution in [3.05, 3.63) is 24.3 Å². The molecule has 0 aromatic heterocycles. The zero-order valence-electron chi connectivity index (χ0n) is 7.93. The third-order valence-electron chi connectivity index (χ3n) is 1.28. The van der Waals surface area contributed by atoms with Gasteiger partial charge in [-0.1, -0.05) is 12.7 Å². The first-order valence-electron chi connectivity index (χ1n) is 3.96. The fraction of sp³-hybridized carbons (Fsp3) is 0.333. The van der Waals surface area contributed by atoms with Gasteiger partial charge in [-0.25, -0.2) is 4.79 Å². The molecule has 0 aromatic carbocycles. The van der Waals surface area contributed by atoms with E-state index in [4.69, 9.17) is 0 Å². The van der Waals surface area contributed by atoms with E-state index < -0.39 is 22.2 Å². The second-order valence-electron chi connectivity index (χ2n) is 2.36. The van der Waals surface area contributed by atoms with E-state index in [-0.39, 0.29) is 6.61 Å². The van der Waals surface area contributed by atoms with Crippen LogP contribution in [-0.4, -0.2) is 23.2 Å². The van der Waals surface area contributed by atoms with Crippen molar-refractivity contribution >= 4 is 27.7 Å². The van der Waals surface area contributed by atoms with E-state index in [0.29, 0.717) is 0 Å². The summed E-state index contributed by atoms with van der Waals surface area (Å²) in [5.74, 6) is -2.75. The summed E-state index contributed by atoms with van der Waals surface area (Å²) >= 11 is 1.87. The van der Waals surface area contributed by atoms with Crippen LogP contribution in [0, 0.1) is 0 Å². The van der Waals surface area contributed by atoms with Crippen molar-refractivity contribution in [3.8, 4) is 0 Å². The number of esters is 1. The normalized spacial score (nSPS) is 12.1. The van der Waals surface area contributed by atoms with Gasteiger partial charge in [0.05, 0.1) is 6.61 Å². The van der Waals surface area contributed by atoms with Crippen molar-refractivity contribution in [1.29, 1.82) is 0 Å². The SMILES string of the molecule is C=C/C=C(\C(=O)OCC)C(=O)C(F)(F)Br. The molecule has 15 heavy (non-hydrogen) atoms. The van der Waals surface area contributed by atoms with E-state index in [9.17, 15) is 18.4 Å². The highest BCUT2D eigenvalue weighted by Gasteiger charge is 2.40. The number of halogens is 3. The standard InChI is InChI=1S/C9H9BrF2O3/c1-3-5-6(8(14)15-4-2)7(13)9(10,11)12/h3,5H,1,4H2,2H3/b6-5-. The van der Waals surface area contributed by atoms with Crippen LogP contribution in [0.25, 0.3) is 0 Å². The minimum atomic E-state index is -3.78. The average molecular weight is 283 g/mol. The number of carbonyl (C=O) groups excluding carboxylic acids is 2. The molecule has 0 radical (unpaired) electrons. The van der Waals surface area contributed by atoms with Crippen molar-refractivity contribution in [3.63, 3.8) is 0 Å². The van der Waals surface area contributed by atoms with Crippen LogP contribution in [0.2, 0.25) is 0 Å². The monoisotopic (exact) mass is 282 g/mol. The number of rotatable bonds is 5. The maximum atomic E-state index is 12.6. The molecule has 3 nitrogen and oxygen atoms in total. The van der Waals surface area contributed by atoms with Gasteiger partial charge in [0.25, 0.3) is 0 Å². The summed E-state index contributed by atoms with van der Waals surface area (Å²) in [4.78, 5) is 18.4. The van der Waals surface area contributed by atoms with Crippen LogP contribution >= 0.6 is 15.9 Å². The Bertz CT molecular complexity index is 305. The van der Waals surface area contributed by atoms with Gasteiger partial charge in [0.1, 0.15) is 5.57 Å². The summed E-state index contributed by atoms with van der Waals surface area (Å²) in [6.45, 7) is 4.71. The number of ketones is 1. The van der Waals surface area contributed by atoms with E-state index in [0.717, 1.165) is 12.2 Å². The molecule has 0 fully saturated rings. The van der Waals surface area contributed by atoms with Crippen LogP contribution in [0.4, 0.5) is 8.78 Å². The van der Waals surface area contributed by atoms with Crippen LogP contribution in [0.5, 0.6) is 0 Å². The molecular formula is C9H9BrF2O3. The summed E-state index contributed by atoms with van der Waals surface area (Å²) < 4.78 is 29.6. The van der Waals surface area contributed by atoms with E-state index in [1.54, 1.807) is 0 Å². The first-order chi connectivity index (χ1) is 6.84. The lowest BCUT2D eigenvalue weighted by molar-refractivity contribution is -0.142. The van der Waals surface area contributed by atoms with E-state index in [1.165, 1.54) is 6.92 Å². The van der Waals surface area contributed by atoms with Crippen LogP contribution in [0.1, 0.15) is 6.92 Å². The summed E-state index contributed by atoms with van der Waals surface area (Å²) in [7, 11) is 0. The Morgan fingerprint density at radius 2 is 2.07 bits per heavy atom. The molecule has 0 heterocycles. The molecule has 0 rings (SSSR count). The second-order valence-corrected chi connectivity index (χ2v) is 3.36. The van der Waals surface area contributed by atoms with Gasteiger partial charge < -0.3 is 4.74 Å². The van der Waals surface area contributed by atoms with Crippen molar-refractivity contribution in [1.82, 2.24) is 0 Å². The largest absolute Gasteiger partial charge is 0.462 e. The van der Waals surface area contributed by atoms with Gasteiger partial charge in [-0.05, 0) is 28.9 Å². The zero-order valence-corrected chi connectivity index (χ0v) is 9.51. The minimum Gasteiger partial charge on any atom is -0.462 e. The lowest BCUT2D eigenvalue weighted by atomic mass is 10.1. The highest BCUT2D eigenvalue weighted by molar-refractivity contribution is 9.10. The van der Waals surface area contributed by atoms with Crippen LogP contribution < -0.4 is 0 Å². The molecule has 0 aliphatic carbocycles. The number of ether oxygens (including phenoxy) is 1.